The lowest BCUT2D eigenvalue weighted by Gasteiger charge is -2.11. The molecule has 0 aliphatic heterocycles. The summed E-state index contributed by atoms with van der Waals surface area (Å²) >= 11 is 0. The second kappa shape index (κ2) is 11.5. The van der Waals surface area contributed by atoms with Crippen LogP contribution >= 0.6 is 0 Å². The summed E-state index contributed by atoms with van der Waals surface area (Å²) < 4.78 is 8.20. The standard InChI is InChI=1S/C29H33N3O2/c1-3-23-14-16-24(17-15-23)34-21-9-8-20-32-27-13-7-6-12-26(27)31-28(32)18-19-30-29(33)25-11-5-4-10-22(25)2/h4-7,10-17H,3,8-9,18-21H2,1-2H3,(H,30,33). The number of hydrogen-bond donors (Lipinski definition) is 1. The Morgan fingerprint density at radius 2 is 1.74 bits per heavy atom. The van der Waals surface area contributed by atoms with Gasteiger partial charge in [0.1, 0.15) is 11.6 Å². The molecule has 34 heavy (non-hydrogen) atoms. The maximum atomic E-state index is 12.6. The molecule has 4 aromatic rings. The molecule has 0 saturated carbocycles. The summed E-state index contributed by atoms with van der Waals surface area (Å²) in [5, 5.41) is 3.05. The Kier molecular flexibility index (Phi) is 7.97. The number of para-hydroxylation sites is 2. The highest BCUT2D eigenvalue weighted by atomic mass is 16.5. The van der Waals surface area contributed by atoms with Gasteiger partial charge in [-0.3, -0.25) is 4.79 Å². The molecule has 5 nitrogen and oxygen atoms in total. The Labute approximate surface area is 201 Å². The van der Waals surface area contributed by atoms with Crippen molar-refractivity contribution in [2.45, 2.75) is 46.1 Å². The molecule has 5 heteroatoms. The van der Waals surface area contributed by atoms with E-state index >= 15 is 0 Å². The lowest BCUT2D eigenvalue weighted by molar-refractivity contribution is 0.0953. The van der Waals surface area contributed by atoms with Crippen molar-refractivity contribution >= 4 is 16.9 Å². The first-order valence-electron chi connectivity index (χ1n) is 12.2. The highest BCUT2D eigenvalue weighted by molar-refractivity contribution is 5.95. The van der Waals surface area contributed by atoms with Crippen molar-refractivity contribution in [3.05, 3.63) is 95.3 Å². The molecule has 1 N–H and O–H groups in total. The van der Waals surface area contributed by atoms with Crippen LogP contribution in [0.3, 0.4) is 0 Å². The molecule has 1 aromatic heterocycles. The number of hydrogen-bond acceptors (Lipinski definition) is 3. The van der Waals surface area contributed by atoms with E-state index in [0.717, 1.165) is 59.5 Å². The normalized spacial score (nSPS) is 11.0. The van der Waals surface area contributed by atoms with Crippen LogP contribution in [0.2, 0.25) is 0 Å². The minimum Gasteiger partial charge on any atom is -0.494 e. The number of rotatable bonds is 11. The van der Waals surface area contributed by atoms with Gasteiger partial charge in [0.05, 0.1) is 17.6 Å². The van der Waals surface area contributed by atoms with Crippen LogP contribution in [-0.4, -0.2) is 28.6 Å². The van der Waals surface area contributed by atoms with E-state index in [1.807, 2.05) is 61.5 Å². The number of amides is 1. The summed E-state index contributed by atoms with van der Waals surface area (Å²) in [6, 6.07) is 24.2. The van der Waals surface area contributed by atoms with Crippen LogP contribution in [-0.2, 0) is 19.4 Å². The summed E-state index contributed by atoms with van der Waals surface area (Å²) in [6.45, 7) is 6.23. The molecule has 0 atom stereocenters. The minimum absolute atomic E-state index is 0.0371. The molecule has 1 heterocycles. The molecule has 1 amide bonds. The average molecular weight is 456 g/mol. The SMILES string of the molecule is CCc1ccc(OCCCCn2c(CCNC(=O)c3ccccc3C)nc3ccccc32)cc1. The molecule has 4 rings (SSSR count). The van der Waals surface area contributed by atoms with Crippen LogP contribution in [0, 0.1) is 6.92 Å². The van der Waals surface area contributed by atoms with Crippen molar-refractivity contribution in [2.24, 2.45) is 0 Å². The zero-order valence-electron chi connectivity index (χ0n) is 20.1. The Balaban J connectivity index is 1.32. The molecule has 0 bridgehead atoms. The summed E-state index contributed by atoms with van der Waals surface area (Å²) in [5.74, 6) is 1.89. The van der Waals surface area contributed by atoms with Gasteiger partial charge in [-0.2, -0.15) is 0 Å². The van der Waals surface area contributed by atoms with Gasteiger partial charge >= 0.3 is 0 Å². The molecule has 0 radical (unpaired) electrons. The van der Waals surface area contributed by atoms with Gasteiger partial charge in [0.25, 0.3) is 5.91 Å². The van der Waals surface area contributed by atoms with E-state index < -0.39 is 0 Å². The number of ether oxygens (including phenoxy) is 1. The van der Waals surface area contributed by atoms with E-state index in [4.69, 9.17) is 9.72 Å². The number of unbranched alkanes of at least 4 members (excludes halogenated alkanes) is 1. The van der Waals surface area contributed by atoms with Crippen LogP contribution in [0.5, 0.6) is 5.75 Å². The summed E-state index contributed by atoms with van der Waals surface area (Å²) in [6.07, 6.45) is 3.69. The third-order valence-corrected chi connectivity index (χ3v) is 6.13. The van der Waals surface area contributed by atoms with Crippen LogP contribution in [0.25, 0.3) is 11.0 Å². The smallest absolute Gasteiger partial charge is 0.251 e. The lowest BCUT2D eigenvalue weighted by Crippen LogP contribution is -2.27. The fourth-order valence-electron chi connectivity index (χ4n) is 4.16. The lowest BCUT2D eigenvalue weighted by atomic mass is 10.1. The molecule has 0 saturated heterocycles. The van der Waals surface area contributed by atoms with E-state index in [-0.39, 0.29) is 5.91 Å². The van der Waals surface area contributed by atoms with Gasteiger partial charge in [-0.15, -0.1) is 0 Å². The fourth-order valence-corrected chi connectivity index (χ4v) is 4.16. The molecular weight excluding hydrogens is 422 g/mol. The molecular formula is C29H33N3O2. The summed E-state index contributed by atoms with van der Waals surface area (Å²) in [4.78, 5) is 17.4. The number of benzene rings is 3. The number of aromatic nitrogens is 2. The quantitative estimate of drug-likeness (QED) is 0.294. The first-order chi connectivity index (χ1) is 16.7. The molecule has 0 aliphatic rings. The topological polar surface area (TPSA) is 56.1 Å². The maximum Gasteiger partial charge on any atom is 0.251 e. The van der Waals surface area contributed by atoms with Crippen molar-refractivity contribution in [1.82, 2.24) is 14.9 Å². The van der Waals surface area contributed by atoms with Crippen LogP contribution in [0.15, 0.2) is 72.8 Å². The third-order valence-electron chi connectivity index (χ3n) is 6.13. The highest BCUT2D eigenvalue weighted by Gasteiger charge is 2.12. The molecule has 0 aliphatic carbocycles. The molecule has 0 fully saturated rings. The maximum absolute atomic E-state index is 12.6. The first-order valence-corrected chi connectivity index (χ1v) is 12.2. The molecule has 0 spiro atoms. The zero-order valence-corrected chi connectivity index (χ0v) is 20.1. The van der Waals surface area contributed by atoms with E-state index in [1.54, 1.807) is 0 Å². The first kappa shape index (κ1) is 23.6. The second-order valence-corrected chi connectivity index (χ2v) is 8.54. The highest BCUT2D eigenvalue weighted by Crippen LogP contribution is 2.18. The van der Waals surface area contributed by atoms with Gasteiger partial charge in [-0.1, -0.05) is 49.4 Å². The van der Waals surface area contributed by atoms with E-state index in [1.165, 1.54) is 5.56 Å². The van der Waals surface area contributed by atoms with Gasteiger partial charge < -0.3 is 14.6 Å². The molecule has 3 aromatic carbocycles. The summed E-state index contributed by atoms with van der Waals surface area (Å²) in [5.41, 5.74) is 5.16. The molecule has 176 valence electrons. The monoisotopic (exact) mass is 455 g/mol. The number of imidazole rings is 1. The Morgan fingerprint density at radius 3 is 2.53 bits per heavy atom. The van der Waals surface area contributed by atoms with Gasteiger partial charge in [-0.25, -0.2) is 4.98 Å². The van der Waals surface area contributed by atoms with Gasteiger partial charge in [-0.05, 0) is 67.6 Å². The Hall–Kier alpha value is -3.60. The van der Waals surface area contributed by atoms with Crippen LogP contribution in [0.4, 0.5) is 0 Å². The number of carbonyl (C=O) groups excluding carboxylic acids is 1. The van der Waals surface area contributed by atoms with Gasteiger partial charge in [0.15, 0.2) is 0 Å². The van der Waals surface area contributed by atoms with E-state index in [9.17, 15) is 4.79 Å². The van der Waals surface area contributed by atoms with Crippen LogP contribution < -0.4 is 10.1 Å². The molecule has 0 unspecified atom stereocenters. The van der Waals surface area contributed by atoms with E-state index in [0.29, 0.717) is 19.6 Å². The number of nitrogens with one attached hydrogen (secondary N) is 1. The average Bonchev–Trinajstić information content (AvgIpc) is 3.21. The van der Waals surface area contributed by atoms with E-state index in [2.05, 4.69) is 35.0 Å². The minimum atomic E-state index is -0.0371. The van der Waals surface area contributed by atoms with Gasteiger partial charge in [0, 0.05) is 25.1 Å². The van der Waals surface area contributed by atoms with Crippen molar-refractivity contribution in [2.75, 3.05) is 13.2 Å². The number of aryl methyl sites for hydroxylation is 3. The zero-order chi connectivity index (χ0) is 23.8. The fraction of sp³-hybridized carbons (Fsp3) is 0.310. The predicted octanol–water partition coefficient (Wildman–Crippen LogP) is 5.74. The second-order valence-electron chi connectivity index (χ2n) is 8.54. The van der Waals surface area contributed by atoms with Crippen LogP contribution in [0.1, 0.15) is 47.1 Å². The summed E-state index contributed by atoms with van der Waals surface area (Å²) in [7, 11) is 0. The van der Waals surface area contributed by atoms with Crippen molar-refractivity contribution in [1.29, 1.82) is 0 Å². The Bertz CT molecular complexity index is 1230. The van der Waals surface area contributed by atoms with Crippen molar-refractivity contribution in [3.63, 3.8) is 0 Å². The number of carbonyl (C=O) groups is 1. The Morgan fingerprint density at radius 1 is 0.971 bits per heavy atom. The van der Waals surface area contributed by atoms with Crippen molar-refractivity contribution in [3.8, 4) is 5.75 Å². The predicted molar refractivity (Wildman–Crippen MR) is 137 cm³/mol. The van der Waals surface area contributed by atoms with Gasteiger partial charge in [0.2, 0.25) is 0 Å². The van der Waals surface area contributed by atoms with Crippen molar-refractivity contribution < 1.29 is 9.53 Å². The largest absolute Gasteiger partial charge is 0.494 e. The number of fused-ring (bicyclic) bond motifs is 1. The number of nitrogens with zero attached hydrogens (tertiary/aromatic N) is 2. The third kappa shape index (κ3) is 5.84.